The quantitative estimate of drug-likeness (QED) is 0.922. The Bertz CT molecular complexity index is 526. The molecule has 0 spiro atoms. The van der Waals surface area contributed by atoms with Crippen LogP contribution >= 0.6 is 11.3 Å². The summed E-state index contributed by atoms with van der Waals surface area (Å²) in [4.78, 5) is 29.8. The summed E-state index contributed by atoms with van der Waals surface area (Å²) in [5.41, 5.74) is -0.0249. The van der Waals surface area contributed by atoms with Crippen LogP contribution in [0.15, 0.2) is 5.38 Å². The van der Waals surface area contributed by atoms with Crippen LogP contribution in [0.3, 0.4) is 0 Å². The van der Waals surface area contributed by atoms with E-state index in [1.807, 2.05) is 26.2 Å². The predicted octanol–water partition coefficient (Wildman–Crippen LogP) is 1.95. The molecule has 5 nitrogen and oxygen atoms in total. The van der Waals surface area contributed by atoms with E-state index in [-0.39, 0.29) is 18.2 Å². The van der Waals surface area contributed by atoms with E-state index >= 15 is 0 Å². The molecule has 0 aromatic carbocycles. The van der Waals surface area contributed by atoms with E-state index in [1.165, 1.54) is 11.3 Å². The van der Waals surface area contributed by atoms with Crippen LogP contribution in [0.4, 0.5) is 0 Å². The van der Waals surface area contributed by atoms with Crippen LogP contribution in [-0.2, 0) is 16.0 Å². The number of hydrogen-bond donors (Lipinski definition) is 1. The summed E-state index contributed by atoms with van der Waals surface area (Å²) in [5, 5.41) is 12.3. The molecule has 110 valence electrons. The fourth-order valence-corrected chi connectivity index (χ4v) is 3.31. The Hall–Kier alpha value is -1.43. The molecule has 1 unspecified atom stereocenters. The molecule has 1 saturated heterocycles. The van der Waals surface area contributed by atoms with E-state index in [1.54, 1.807) is 4.90 Å². The van der Waals surface area contributed by atoms with Crippen molar-refractivity contribution < 1.29 is 14.7 Å². The highest BCUT2D eigenvalue weighted by molar-refractivity contribution is 7.09. The lowest BCUT2D eigenvalue weighted by Gasteiger charge is -2.28. The molecular formula is C14H20N2O3S. The normalized spacial score (nSPS) is 22.5. The van der Waals surface area contributed by atoms with Gasteiger partial charge in [-0.25, -0.2) is 4.98 Å². The standard InChI is InChI=1S/C14H20N2O3S/c1-9(2)14(13(18)19)4-5-16(8-14)12(17)6-11-7-20-10(3)15-11/h7,9H,4-6,8H2,1-3H3,(H,18,19). The Kier molecular flexibility index (Phi) is 4.13. The van der Waals surface area contributed by atoms with Gasteiger partial charge in [-0.15, -0.1) is 11.3 Å². The lowest BCUT2D eigenvalue weighted by atomic mass is 9.76. The number of amides is 1. The molecular weight excluding hydrogens is 276 g/mol. The second-order valence-corrected chi connectivity index (χ2v) is 6.78. The zero-order valence-electron chi connectivity index (χ0n) is 12.0. The Balaban J connectivity index is 2.05. The molecule has 2 rings (SSSR count). The summed E-state index contributed by atoms with van der Waals surface area (Å²) >= 11 is 1.52. The average Bonchev–Trinajstić information content (AvgIpc) is 2.96. The Labute approximate surface area is 122 Å². The summed E-state index contributed by atoms with van der Waals surface area (Å²) < 4.78 is 0. The summed E-state index contributed by atoms with van der Waals surface area (Å²) in [6.07, 6.45) is 0.792. The maximum Gasteiger partial charge on any atom is 0.311 e. The number of thiazole rings is 1. The highest BCUT2D eigenvalue weighted by Gasteiger charge is 2.48. The number of rotatable bonds is 4. The minimum atomic E-state index is -0.799. The van der Waals surface area contributed by atoms with E-state index in [0.29, 0.717) is 19.5 Å². The van der Waals surface area contributed by atoms with E-state index in [2.05, 4.69) is 4.98 Å². The molecule has 6 heteroatoms. The van der Waals surface area contributed by atoms with Gasteiger partial charge in [-0.05, 0) is 19.3 Å². The number of nitrogens with zero attached hydrogens (tertiary/aromatic N) is 2. The van der Waals surface area contributed by atoms with Gasteiger partial charge < -0.3 is 10.0 Å². The van der Waals surface area contributed by atoms with Crippen LogP contribution in [0.25, 0.3) is 0 Å². The minimum Gasteiger partial charge on any atom is -0.481 e. The number of hydrogen-bond acceptors (Lipinski definition) is 4. The lowest BCUT2D eigenvalue weighted by Crippen LogP contribution is -2.41. The largest absolute Gasteiger partial charge is 0.481 e. The molecule has 1 aliphatic heterocycles. The third kappa shape index (κ3) is 2.70. The fraction of sp³-hybridized carbons (Fsp3) is 0.643. The van der Waals surface area contributed by atoms with Crippen LogP contribution in [0.1, 0.15) is 31.0 Å². The van der Waals surface area contributed by atoms with E-state index in [0.717, 1.165) is 10.7 Å². The number of carbonyl (C=O) groups excluding carboxylic acids is 1. The van der Waals surface area contributed by atoms with Crippen molar-refractivity contribution in [1.82, 2.24) is 9.88 Å². The van der Waals surface area contributed by atoms with Crippen LogP contribution in [0, 0.1) is 18.3 Å². The third-order valence-corrected chi connectivity index (χ3v) is 5.01. The van der Waals surface area contributed by atoms with E-state index in [9.17, 15) is 14.7 Å². The zero-order valence-corrected chi connectivity index (χ0v) is 12.9. The Morgan fingerprint density at radius 2 is 2.25 bits per heavy atom. The molecule has 0 radical (unpaired) electrons. The van der Waals surface area contributed by atoms with Crippen molar-refractivity contribution >= 4 is 23.2 Å². The van der Waals surface area contributed by atoms with E-state index < -0.39 is 11.4 Å². The van der Waals surface area contributed by atoms with Gasteiger partial charge in [-0.3, -0.25) is 9.59 Å². The van der Waals surface area contributed by atoms with Crippen molar-refractivity contribution in [2.75, 3.05) is 13.1 Å². The Morgan fingerprint density at radius 1 is 1.55 bits per heavy atom. The maximum absolute atomic E-state index is 12.3. The molecule has 0 aliphatic carbocycles. The number of likely N-dealkylation sites (tertiary alicyclic amines) is 1. The molecule has 1 aromatic rings. The van der Waals surface area contributed by atoms with Gasteiger partial charge in [0.1, 0.15) is 0 Å². The molecule has 20 heavy (non-hydrogen) atoms. The number of carboxylic acid groups (broad SMARTS) is 1. The summed E-state index contributed by atoms with van der Waals surface area (Å²) in [6, 6.07) is 0. The lowest BCUT2D eigenvalue weighted by molar-refractivity contribution is -0.151. The van der Waals surface area contributed by atoms with Gasteiger partial charge in [0.05, 0.1) is 22.5 Å². The van der Waals surface area contributed by atoms with Crippen LogP contribution in [-0.4, -0.2) is 40.0 Å². The van der Waals surface area contributed by atoms with Gasteiger partial charge in [0.15, 0.2) is 0 Å². The molecule has 0 bridgehead atoms. The number of aliphatic carboxylic acids is 1. The summed E-state index contributed by atoms with van der Waals surface area (Å²) in [7, 11) is 0. The molecule has 0 saturated carbocycles. The third-order valence-electron chi connectivity index (χ3n) is 4.18. The number of aryl methyl sites for hydroxylation is 1. The van der Waals surface area contributed by atoms with Crippen LogP contribution in [0.5, 0.6) is 0 Å². The average molecular weight is 296 g/mol. The van der Waals surface area contributed by atoms with Gasteiger partial charge in [0.25, 0.3) is 0 Å². The molecule has 1 N–H and O–H groups in total. The van der Waals surface area contributed by atoms with Crippen molar-refractivity contribution in [3.8, 4) is 0 Å². The van der Waals surface area contributed by atoms with Gasteiger partial charge >= 0.3 is 5.97 Å². The fourth-order valence-electron chi connectivity index (χ4n) is 2.69. The first-order valence-electron chi connectivity index (χ1n) is 6.77. The maximum atomic E-state index is 12.3. The predicted molar refractivity (Wildman–Crippen MR) is 76.7 cm³/mol. The molecule has 1 aliphatic rings. The Morgan fingerprint density at radius 3 is 2.70 bits per heavy atom. The first kappa shape index (κ1) is 15.0. The zero-order chi connectivity index (χ0) is 14.9. The van der Waals surface area contributed by atoms with Crippen LogP contribution in [0.2, 0.25) is 0 Å². The number of carboxylic acids is 1. The van der Waals surface area contributed by atoms with Crippen molar-refractivity contribution in [3.05, 3.63) is 16.1 Å². The first-order chi connectivity index (χ1) is 9.35. The molecule has 1 atom stereocenters. The van der Waals surface area contributed by atoms with Gasteiger partial charge in [-0.2, -0.15) is 0 Å². The van der Waals surface area contributed by atoms with Gasteiger partial charge in [0, 0.05) is 18.5 Å². The smallest absolute Gasteiger partial charge is 0.311 e. The summed E-state index contributed by atoms with van der Waals surface area (Å²) in [5.74, 6) is -0.814. The topological polar surface area (TPSA) is 70.5 Å². The van der Waals surface area contributed by atoms with Crippen molar-refractivity contribution in [1.29, 1.82) is 0 Å². The number of aromatic nitrogens is 1. The summed E-state index contributed by atoms with van der Waals surface area (Å²) in [6.45, 7) is 6.55. The monoisotopic (exact) mass is 296 g/mol. The molecule has 1 amide bonds. The highest BCUT2D eigenvalue weighted by Crippen LogP contribution is 2.38. The van der Waals surface area contributed by atoms with Crippen molar-refractivity contribution in [3.63, 3.8) is 0 Å². The van der Waals surface area contributed by atoms with Crippen molar-refractivity contribution in [2.45, 2.75) is 33.6 Å². The first-order valence-corrected chi connectivity index (χ1v) is 7.65. The number of carbonyl (C=O) groups is 2. The van der Waals surface area contributed by atoms with E-state index in [4.69, 9.17) is 0 Å². The van der Waals surface area contributed by atoms with Crippen molar-refractivity contribution in [2.24, 2.45) is 11.3 Å². The molecule has 2 heterocycles. The highest BCUT2D eigenvalue weighted by atomic mass is 32.1. The minimum absolute atomic E-state index is 0.0133. The SMILES string of the molecule is Cc1nc(CC(=O)N2CCC(C(=O)O)(C(C)C)C2)cs1. The van der Waals surface area contributed by atoms with Gasteiger partial charge in [0.2, 0.25) is 5.91 Å². The second-order valence-electron chi connectivity index (χ2n) is 5.72. The molecule has 1 aromatic heterocycles. The molecule has 1 fully saturated rings. The van der Waals surface area contributed by atoms with Gasteiger partial charge in [-0.1, -0.05) is 13.8 Å². The van der Waals surface area contributed by atoms with Crippen LogP contribution < -0.4 is 0 Å². The second kappa shape index (κ2) is 5.52.